The SMILES string of the molecule is C[C@@H]1C[C@]2(C)C3CC[C@]4(C)C5=C(CC4C3C=C[C@H]2C[C@H]1O)OCS5.C[C@@]12C3=CC=C[C@H]1CCC2C1CC[C@H]2CCCC[C@]2(C)C1C3.C[C@@]12CCCC1C1CC[C@H]3CC4=C(C4)C[C@]3(C)C1CC2.C[C@@]12CCCC1C1CC[C@H]3C[C@H]4C[C@H]4C[C@]3(C)C1CC2.C[C@@]12CCCC1C1CC[C@H]3Cc4c(ccc5ccccc45)C[C@]3(C)C1CC2.C[C@@]12CCCC1C1CC[C@H]3Cc4ccccc4C[C@]3(C)C1CC2. The van der Waals surface area contributed by atoms with Crippen molar-refractivity contribution in [1.82, 2.24) is 0 Å². The van der Waals surface area contributed by atoms with Crippen LogP contribution in [-0.4, -0.2) is 17.1 Å². The molecule has 0 saturated heterocycles. The van der Waals surface area contributed by atoms with Crippen molar-refractivity contribution < 1.29 is 9.84 Å². The number of benzene rings is 3. The van der Waals surface area contributed by atoms with E-state index in [9.17, 15) is 5.11 Å². The van der Waals surface area contributed by atoms with E-state index in [-0.39, 0.29) is 6.10 Å². The van der Waals surface area contributed by atoms with Gasteiger partial charge in [-0.2, -0.15) is 0 Å². The van der Waals surface area contributed by atoms with Crippen molar-refractivity contribution in [2.75, 3.05) is 5.94 Å². The van der Waals surface area contributed by atoms with Crippen molar-refractivity contribution in [3.05, 3.63) is 141 Å². The Morgan fingerprint density at radius 2 is 0.912 bits per heavy atom. The first-order valence-corrected chi connectivity index (χ1v) is 61.4. The quantitative estimate of drug-likeness (QED) is 0.228. The Bertz CT molecular complexity index is 5220. The molecule has 20 saturated carbocycles. The molecule has 3 heteroatoms. The molecule has 41 atom stereocenters. The van der Waals surface area contributed by atoms with Crippen molar-refractivity contribution in [1.29, 1.82) is 0 Å². The maximum atomic E-state index is 10.4. The Balaban J connectivity index is 0.0000000849. The monoisotopic (exact) mass is 1850 g/mol. The zero-order valence-electron chi connectivity index (χ0n) is 88.6. The third-order valence-electron chi connectivity index (χ3n) is 54.7. The third-order valence-corrected chi connectivity index (χ3v) is 56.0. The highest BCUT2D eigenvalue weighted by Crippen LogP contribution is 2.77. The summed E-state index contributed by atoms with van der Waals surface area (Å²) in [5.74, 6) is 29.4. The van der Waals surface area contributed by atoms with E-state index < -0.39 is 0 Å². The first-order valence-electron chi connectivity index (χ1n) is 60.5. The van der Waals surface area contributed by atoms with Gasteiger partial charge in [0.05, 0.1) is 6.10 Å². The molecular weight excluding hydrogens is 1660 g/mol. The minimum absolute atomic E-state index is 0.111. The Kier molecular flexibility index (Phi) is 22.9. The van der Waals surface area contributed by atoms with Gasteiger partial charge in [-0.05, 0) is 547 Å². The lowest BCUT2D eigenvalue weighted by Crippen LogP contribution is -2.53. The largest absolute Gasteiger partial charge is 0.486 e. The number of ether oxygens (including phenoxy) is 1. The van der Waals surface area contributed by atoms with Gasteiger partial charge in [0.1, 0.15) is 11.7 Å². The van der Waals surface area contributed by atoms with Crippen LogP contribution in [0.4, 0.5) is 0 Å². The Hall–Kier alpha value is -3.27. The van der Waals surface area contributed by atoms with E-state index in [0.717, 1.165) is 177 Å². The average molecular weight is 1850 g/mol. The predicted octanol–water partition coefficient (Wildman–Crippen LogP) is 35.7. The van der Waals surface area contributed by atoms with E-state index in [1.165, 1.54) is 241 Å². The molecule has 2 nitrogen and oxygen atoms in total. The Morgan fingerprint density at radius 1 is 0.353 bits per heavy atom. The summed E-state index contributed by atoms with van der Waals surface area (Å²) in [4.78, 5) is 1.58. The number of allylic oxidation sites excluding steroid dienone is 10. The second-order valence-electron chi connectivity index (χ2n) is 59.6. The van der Waals surface area contributed by atoms with Crippen LogP contribution in [0.15, 0.2) is 118 Å². The standard InChI is InChI=1S/C27H34.C23H32.C22H32.C21H30O2S.C20H32.C20H30/c1-26-14-5-8-24(26)22-12-11-20-16-23-19(17-27(20,2)25(22)13-15-26)10-9-18-6-3-4-7-21(18)23;1-22-12-5-8-20(22)19-10-9-18-14-16-6-3-4-7-17(16)15-23(18,2)21(19)11-13-22;1-21-13-4-3-6-15(21)9-11-18-19-12-10-16-7-5-8-17(14-20(18)21)22(16,19)2;1-12-10-21(3)13(8-17(12)22)4-5-14-15(21)6-7-20(2)16(14)9-18-19(20)24-11-23-18;2*1-19-8-3-4-17(19)16-6-5-15-11-13-10-14(13)12-20(15,2)18(16)7-9-19/h3-4,6-7,9-10,20,22,24-25H,5,8,11-17H2,1-2H3;3-4,6-7,18-21H,5,8-15H2,1-2H3;5,7-8,15-16,18-20H,3-4,6,9-14H2,1-2H3;4-5,12-17,22H,6-11H2,1-3H3;13-18H,3-12H2,1-2H3;15-18H,3-12H2,1-2H3/t20-,22?,24?,25?,26-,27-;18-,19?,20?,21?,22-,23-;15-,16+,18?,19?,20?,21+,22+;12-,13+,14?,15?,16?,17-,20+,21+;13-,14+,15+,16?,17?,18?,19+,20+;15-,16?,17?,18?,19-,20-/m001110/s1. The molecule has 0 bridgehead atoms. The third kappa shape index (κ3) is 14.3. The van der Waals surface area contributed by atoms with Gasteiger partial charge < -0.3 is 9.84 Å². The van der Waals surface area contributed by atoms with E-state index in [4.69, 9.17) is 4.74 Å². The van der Waals surface area contributed by atoms with Gasteiger partial charge >= 0.3 is 0 Å². The minimum Gasteiger partial charge on any atom is -0.486 e. The Labute approximate surface area is 833 Å². The van der Waals surface area contributed by atoms with Gasteiger partial charge in [-0.1, -0.05) is 248 Å². The second-order valence-corrected chi connectivity index (χ2v) is 60.6. The van der Waals surface area contributed by atoms with Gasteiger partial charge in [-0.3, -0.25) is 0 Å². The maximum Gasteiger partial charge on any atom is 0.138 e. The zero-order chi connectivity index (χ0) is 92.6. The molecule has 0 radical (unpaired) electrons. The van der Waals surface area contributed by atoms with Gasteiger partial charge in [0.15, 0.2) is 0 Å². The lowest BCUT2D eigenvalue weighted by molar-refractivity contribution is -0.105. The van der Waals surface area contributed by atoms with Crippen LogP contribution >= 0.6 is 11.8 Å². The summed E-state index contributed by atoms with van der Waals surface area (Å²) in [6, 6.07) is 23.3. The van der Waals surface area contributed by atoms with Gasteiger partial charge in [0.25, 0.3) is 0 Å². The topological polar surface area (TPSA) is 29.5 Å². The van der Waals surface area contributed by atoms with Crippen molar-refractivity contribution in [2.24, 2.45) is 231 Å². The van der Waals surface area contributed by atoms with Crippen LogP contribution in [-0.2, 0) is 30.4 Å². The van der Waals surface area contributed by atoms with Gasteiger partial charge in [0, 0.05) is 16.7 Å². The number of aliphatic hydroxyl groups is 1. The molecule has 0 aromatic heterocycles. The van der Waals surface area contributed by atoms with Crippen molar-refractivity contribution in [2.45, 2.75) is 430 Å². The highest BCUT2D eigenvalue weighted by Gasteiger charge is 2.68. The number of thioether (sulfide) groups is 1. The molecule has 31 rings (SSSR count). The van der Waals surface area contributed by atoms with Crippen LogP contribution in [0.1, 0.15) is 420 Å². The molecule has 136 heavy (non-hydrogen) atoms. The molecule has 1 N–H and O–H groups in total. The maximum absolute atomic E-state index is 10.4. The number of rotatable bonds is 0. The first kappa shape index (κ1) is 92.6. The number of aliphatic hydroxyl groups excluding tert-OH is 1. The molecule has 3 aromatic carbocycles. The fourth-order valence-corrected chi connectivity index (χ4v) is 48.2. The molecule has 28 aliphatic rings. The molecule has 740 valence electrons. The molecular formula is C133H190O2S. The molecule has 1 heterocycles. The van der Waals surface area contributed by atoms with Crippen molar-refractivity contribution >= 4 is 22.5 Å². The van der Waals surface area contributed by atoms with E-state index >= 15 is 0 Å². The summed E-state index contributed by atoms with van der Waals surface area (Å²) in [6.07, 6.45) is 89.6. The van der Waals surface area contributed by atoms with Crippen LogP contribution in [0.25, 0.3) is 10.8 Å². The fraction of sp³-hybridized carbons (Fsp3) is 0.805. The van der Waals surface area contributed by atoms with E-state index in [0.29, 0.717) is 66.5 Å². The summed E-state index contributed by atoms with van der Waals surface area (Å²) < 4.78 is 5.96. The summed E-state index contributed by atoms with van der Waals surface area (Å²) in [5.41, 5.74) is 19.7. The molecule has 1 aliphatic heterocycles. The summed E-state index contributed by atoms with van der Waals surface area (Å²) in [6.45, 7) is 34.0. The van der Waals surface area contributed by atoms with Crippen LogP contribution in [0.5, 0.6) is 0 Å². The Morgan fingerprint density at radius 3 is 1.56 bits per heavy atom. The summed E-state index contributed by atoms with van der Waals surface area (Å²) in [5, 5.41) is 13.3. The highest BCUT2D eigenvalue weighted by molar-refractivity contribution is 8.03. The summed E-state index contributed by atoms with van der Waals surface area (Å²) >= 11 is 1.96. The van der Waals surface area contributed by atoms with E-state index in [1.54, 1.807) is 130 Å². The fourth-order valence-electron chi connectivity index (χ4n) is 47.0. The molecule has 3 aromatic rings. The van der Waals surface area contributed by atoms with Crippen molar-refractivity contribution in [3.63, 3.8) is 0 Å². The molecule has 0 spiro atoms. The van der Waals surface area contributed by atoms with Gasteiger partial charge in [-0.15, -0.1) is 0 Å². The van der Waals surface area contributed by atoms with E-state index in [2.05, 4.69) is 181 Å². The predicted molar refractivity (Wildman–Crippen MR) is 567 cm³/mol. The minimum atomic E-state index is -0.111. The molecule has 0 amide bonds. The van der Waals surface area contributed by atoms with E-state index in [1.807, 2.05) is 28.5 Å². The highest BCUT2D eigenvalue weighted by atomic mass is 32.2. The molecule has 18 unspecified atom stereocenters. The van der Waals surface area contributed by atoms with Gasteiger partial charge in [0.2, 0.25) is 0 Å². The van der Waals surface area contributed by atoms with Crippen LogP contribution in [0.2, 0.25) is 0 Å². The zero-order valence-corrected chi connectivity index (χ0v) is 89.5. The first-order chi connectivity index (χ1) is 65.5. The normalized spacial score (nSPS) is 53.2. The van der Waals surface area contributed by atoms with Crippen LogP contribution in [0, 0.1) is 231 Å². The smallest absolute Gasteiger partial charge is 0.138 e. The van der Waals surface area contributed by atoms with Crippen LogP contribution < -0.4 is 0 Å². The molecule has 27 aliphatic carbocycles. The lowest BCUT2D eigenvalue weighted by Gasteiger charge is -2.61. The number of hydrogen-bond donors (Lipinski definition) is 1. The number of fused-ring (bicyclic) bond motifs is 35. The average Bonchev–Trinajstić information content (AvgIpc) is 1.74. The van der Waals surface area contributed by atoms with Gasteiger partial charge in [-0.25, -0.2) is 0 Å². The number of hydrogen-bond acceptors (Lipinski definition) is 3. The van der Waals surface area contributed by atoms with Crippen molar-refractivity contribution in [3.8, 4) is 0 Å². The second kappa shape index (κ2) is 33.6. The van der Waals surface area contributed by atoms with Crippen LogP contribution in [0.3, 0.4) is 0 Å². The molecule has 20 fully saturated rings. The lowest BCUT2D eigenvalue weighted by atomic mass is 9.43. The summed E-state index contributed by atoms with van der Waals surface area (Å²) in [7, 11) is 0.